The van der Waals surface area contributed by atoms with Gasteiger partial charge < -0.3 is 34.3 Å². The molecule has 0 fully saturated rings. The van der Waals surface area contributed by atoms with E-state index >= 15 is 0 Å². The Kier molecular flexibility index (Phi) is 9.75. The Bertz CT molecular complexity index is 1960. The van der Waals surface area contributed by atoms with Gasteiger partial charge in [-0.1, -0.05) is 42.5 Å². The minimum absolute atomic E-state index is 0.0268. The Balaban J connectivity index is 1.20. The second-order valence-corrected chi connectivity index (χ2v) is 10.4. The van der Waals surface area contributed by atoms with E-state index in [4.69, 9.17) is 24.0 Å². The summed E-state index contributed by atoms with van der Waals surface area (Å²) in [6.07, 6.45) is 2.54. The van der Waals surface area contributed by atoms with Crippen LogP contribution in [0, 0.1) is 6.92 Å². The maximum Gasteiger partial charge on any atom is 0.519 e. The first-order chi connectivity index (χ1) is 22.2. The summed E-state index contributed by atoms with van der Waals surface area (Å²) in [5.74, 6) is -2.69. The SMILES string of the molecule is Cc1oc(=O)oc1COC(=O)C(CCC(=O)OCc1ccccc1)NC(=O)c1ccc(CCc2c[nH]c3nc(N)[nH]c(=O)c23)cc1. The first kappa shape index (κ1) is 31.5. The van der Waals surface area contributed by atoms with E-state index in [1.54, 1.807) is 30.5 Å². The molecule has 0 saturated carbocycles. The number of hydrogen-bond acceptors (Lipinski definition) is 11. The number of esters is 2. The predicted octanol–water partition coefficient (Wildman–Crippen LogP) is 2.84. The van der Waals surface area contributed by atoms with E-state index in [1.165, 1.54) is 6.92 Å². The lowest BCUT2D eigenvalue weighted by Crippen LogP contribution is -2.42. The number of ether oxygens (including phenoxy) is 2. The zero-order chi connectivity index (χ0) is 32.6. The van der Waals surface area contributed by atoms with Gasteiger partial charge in [-0.15, -0.1) is 0 Å². The molecule has 3 aromatic heterocycles. The van der Waals surface area contributed by atoms with Crippen LogP contribution in [0.5, 0.6) is 0 Å². The van der Waals surface area contributed by atoms with Gasteiger partial charge in [0.15, 0.2) is 18.1 Å². The number of carbonyl (C=O) groups excluding carboxylic acids is 3. The molecule has 0 aliphatic rings. The van der Waals surface area contributed by atoms with Crippen LogP contribution in [-0.2, 0) is 45.1 Å². The van der Waals surface area contributed by atoms with Crippen LogP contribution >= 0.6 is 0 Å². The highest BCUT2D eigenvalue weighted by molar-refractivity contribution is 5.97. The van der Waals surface area contributed by atoms with Gasteiger partial charge in [0, 0.05) is 18.2 Å². The van der Waals surface area contributed by atoms with Gasteiger partial charge in [0.1, 0.15) is 18.3 Å². The number of nitrogens with one attached hydrogen (secondary N) is 3. The summed E-state index contributed by atoms with van der Waals surface area (Å²) < 4.78 is 20.2. The molecular weight excluding hydrogens is 598 g/mol. The molecule has 3 heterocycles. The summed E-state index contributed by atoms with van der Waals surface area (Å²) in [6.45, 7) is 1.14. The van der Waals surface area contributed by atoms with Crippen LogP contribution in [0.25, 0.3) is 11.0 Å². The van der Waals surface area contributed by atoms with Crippen LogP contribution in [-0.4, -0.2) is 38.8 Å². The molecule has 46 heavy (non-hydrogen) atoms. The minimum atomic E-state index is -1.21. The van der Waals surface area contributed by atoms with E-state index in [0.29, 0.717) is 23.9 Å². The molecular formula is C32H31N5O9. The Morgan fingerprint density at radius 3 is 2.43 bits per heavy atom. The molecule has 2 aromatic carbocycles. The van der Waals surface area contributed by atoms with Gasteiger partial charge in [-0.25, -0.2) is 9.59 Å². The molecule has 5 aromatic rings. The topological polar surface area (TPSA) is 213 Å². The van der Waals surface area contributed by atoms with Crippen molar-refractivity contribution >= 4 is 34.8 Å². The monoisotopic (exact) mass is 629 g/mol. The molecule has 0 aliphatic carbocycles. The van der Waals surface area contributed by atoms with Crippen molar-refractivity contribution in [2.45, 2.75) is 51.9 Å². The van der Waals surface area contributed by atoms with Crippen molar-refractivity contribution in [1.29, 1.82) is 0 Å². The van der Waals surface area contributed by atoms with Gasteiger partial charge in [-0.3, -0.25) is 19.4 Å². The average molecular weight is 630 g/mol. The highest BCUT2D eigenvalue weighted by Gasteiger charge is 2.25. The molecule has 0 saturated heterocycles. The van der Waals surface area contributed by atoms with Crippen LogP contribution in [0.15, 0.2) is 79.2 Å². The summed E-state index contributed by atoms with van der Waals surface area (Å²) in [7, 11) is 0. The first-order valence-electron chi connectivity index (χ1n) is 14.4. The largest absolute Gasteiger partial charge is 0.519 e. The number of hydrogen-bond donors (Lipinski definition) is 4. The van der Waals surface area contributed by atoms with Crippen LogP contribution in [0.2, 0.25) is 0 Å². The maximum absolute atomic E-state index is 13.1. The van der Waals surface area contributed by atoms with E-state index in [0.717, 1.165) is 16.7 Å². The molecule has 1 atom stereocenters. The summed E-state index contributed by atoms with van der Waals surface area (Å²) >= 11 is 0. The lowest BCUT2D eigenvalue weighted by atomic mass is 10.0. The number of carbonyl (C=O) groups is 3. The molecule has 0 aliphatic heterocycles. The van der Waals surface area contributed by atoms with Gasteiger partial charge in [0.2, 0.25) is 5.95 Å². The Morgan fingerprint density at radius 1 is 0.957 bits per heavy atom. The summed E-state index contributed by atoms with van der Waals surface area (Å²) in [5.41, 5.74) is 8.44. The fourth-order valence-electron chi connectivity index (χ4n) is 4.73. The zero-order valence-corrected chi connectivity index (χ0v) is 24.8. The quantitative estimate of drug-likeness (QED) is 0.139. The fourth-order valence-corrected chi connectivity index (χ4v) is 4.73. The van der Waals surface area contributed by atoms with Gasteiger partial charge >= 0.3 is 17.8 Å². The van der Waals surface area contributed by atoms with E-state index < -0.39 is 36.3 Å². The Labute approximate surface area is 260 Å². The first-order valence-corrected chi connectivity index (χ1v) is 14.4. The van der Waals surface area contributed by atoms with Crippen molar-refractivity contribution in [1.82, 2.24) is 20.3 Å². The van der Waals surface area contributed by atoms with Crippen LogP contribution in [0.3, 0.4) is 0 Å². The van der Waals surface area contributed by atoms with Gasteiger partial charge in [-0.2, -0.15) is 4.98 Å². The summed E-state index contributed by atoms with van der Waals surface area (Å²) in [6, 6.07) is 14.6. The van der Waals surface area contributed by atoms with Crippen molar-refractivity contribution in [2.75, 3.05) is 5.73 Å². The average Bonchev–Trinajstić information content (AvgIpc) is 3.61. The number of amides is 1. The van der Waals surface area contributed by atoms with E-state index in [1.807, 2.05) is 30.3 Å². The third kappa shape index (κ3) is 7.96. The van der Waals surface area contributed by atoms with Gasteiger partial charge in [0.25, 0.3) is 11.5 Å². The molecule has 0 bridgehead atoms. The zero-order valence-electron chi connectivity index (χ0n) is 24.8. The lowest BCUT2D eigenvalue weighted by molar-refractivity contribution is -0.149. The number of H-pyrrole nitrogens is 2. The number of anilines is 1. The Morgan fingerprint density at radius 2 is 1.72 bits per heavy atom. The molecule has 0 spiro atoms. The highest BCUT2D eigenvalue weighted by atomic mass is 16.6. The summed E-state index contributed by atoms with van der Waals surface area (Å²) in [4.78, 5) is 71.8. The molecule has 238 valence electrons. The molecule has 1 amide bonds. The third-order valence-corrected chi connectivity index (χ3v) is 7.19. The number of nitrogens with zero attached hydrogens (tertiary/aromatic N) is 1. The minimum Gasteiger partial charge on any atom is -0.461 e. The maximum atomic E-state index is 13.1. The second kappa shape index (κ2) is 14.2. The van der Waals surface area contributed by atoms with E-state index in [9.17, 15) is 24.0 Å². The number of nitrogen functional groups attached to an aromatic ring is 1. The number of fused-ring (bicyclic) bond motifs is 1. The number of rotatable bonds is 13. The molecule has 14 nitrogen and oxygen atoms in total. The van der Waals surface area contributed by atoms with E-state index in [-0.39, 0.29) is 48.0 Å². The molecule has 5 N–H and O–H groups in total. The van der Waals surface area contributed by atoms with Crippen molar-refractivity contribution < 1.29 is 32.7 Å². The predicted molar refractivity (Wildman–Crippen MR) is 163 cm³/mol. The van der Waals surface area contributed by atoms with Crippen LogP contribution < -0.4 is 22.4 Å². The summed E-state index contributed by atoms with van der Waals surface area (Å²) in [5, 5.41) is 3.07. The van der Waals surface area contributed by atoms with Gasteiger partial charge in [0.05, 0.1) is 5.39 Å². The molecule has 5 rings (SSSR count). The third-order valence-electron chi connectivity index (χ3n) is 7.19. The van der Waals surface area contributed by atoms with Crippen molar-refractivity contribution in [3.8, 4) is 0 Å². The smallest absolute Gasteiger partial charge is 0.461 e. The number of aryl methyl sites for hydroxylation is 3. The fraction of sp³-hybridized carbons (Fsp3) is 0.250. The molecule has 1 unspecified atom stereocenters. The standard InChI is InChI=1S/C32H31N5O9/c1-18-24(46-32(42)45-18)17-44-30(41)23(13-14-25(38)43-16-20-5-3-2-4-6-20)35-28(39)21-10-7-19(8-11-21)9-12-22-15-34-27-26(22)29(40)37-31(33)36-27/h2-8,10-11,15,23H,9,12-14,16-17H2,1H3,(H,35,39)(H4,33,34,36,37,40). The number of nitrogens with two attached hydrogens (primary N) is 1. The Hall–Kier alpha value is -5.92. The second-order valence-electron chi connectivity index (χ2n) is 10.4. The van der Waals surface area contributed by atoms with Crippen molar-refractivity contribution in [3.63, 3.8) is 0 Å². The van der Waals surface area contributed by atoms with Crippen LogP contribution in [0.1, 0.15) is 51.4 Å². The van der Waals surface area contributed by atoms with Crippen molar-refractivity contribution in [2.24, 2.45) is 0 Å². The van der Waals surface area contributed by atoms with Gasteiger partial charge in [-0.05, 0) is 55.0 Å². The van der Waals surface area contributed by atoms with Crippen molar-refractivity contribution in [3.05, 3.63) is 116 Å². The number of benzene rings is 2. The molecule has 0 radical (unpaired) electrons. The lowest BCUT2D eigenvalue weighted by Gasteiger charge is -2.17. The van der Waals surface area contributed by atoms with Crippen LogP contribution in [0.4, 0.5) is 5.95 Å². The van der Waals surface area contributed by atoms with E-state index in [2.05, 4.69) is 20.3 Å². The normalized spacial score (nSPS) is 11.7. The number of aromatic amines is 2. The number of aromatic nitrogens is 3. The molecule has 14 heteroatoms. The highest BCUT2D eigenvalue weighted by Crippen LogP contribution is 2.17.